The predicted octanol–water partition coefficient (Wildman–Crippen LogP) is -5.86. The van der Waals surface area contributed by atoms with Gasteiger partial charge in [0.1, 0.15) is 54.9 Å². The van der Waals surface area contributed by atoms with Crippen LogP contribution in [0, 0.1) is 0 Å². The van der Waals surface area contributed by atoms with E-state index >= 15 is 0 Å². The first-order valence-electron chi connectivity index (χ1n) is 8.03. The fraction of sp³-hybridized carbons (Fsp3) is 0.929. The van der Waals surface area contributed by atoms with Crippen LogP contribution in [0.2, 0.25) is 0 Å². The van der Waals surface area contributed by atoms with Crippen LogP contribution in [-0.4, -0.2) is 121 Å². The number of carbonyl (C=O) groups is 1. The Morgan fingerprint density at radius 3 is 1.96 bits per heavy atom. The molecular formula is C14H25NO11. The van der Waals surface area contributed by atoms with Gasteiger partial charge < -0.3 is 55.6 Å². The maximum absolute atomic E-state index is 11.5. The number of rotatable bonds is 4. The normalized spacial score (nSPS) is 49.7. The van der Waals surface area contributed by atoms with Crippen molar-refractivity contribution < 1.29 is 55.1 Å². The fourth-order valence-corrected chi connectivity index (χ4v) is 3.29. The van der Waals surface area contributed by atoms with E-state index in [-0.39, 0.29) is 0 Å². The molecule has 2 fully saturated rings. The summed E-state index contributed by atoms with van der Waals surface area (Å²) in [5.74, 6) is -3.44. The van der Waals surface area contributed by atoms with E-state index in [1.807, 2.05) is 0 Å². The van der Waals surface area contributed by atoms with E-state index < -0.39 is 79.8 Å². The lowest BCUT2D eigenvalue weighted by Crippen LogP contribution is -2.78. The molecule has 0 spiro atoms. The van der Waals surface area contributed by atoms with Crippen molar-refractivity contribution in [3.63, 3.8) is 0 Å². The van der Waals surface area contributed by atoms with Crippen molar-refractivity contribution >= 4 is 5.91 Å². The summed E-state index contributed by atoms with van der Waals surface area (Å²) in [7, 11) is 0. The van der Waals surface area contributed by atoms with E-state index in [0.29, 0.717) is 0 Å². The van der Waals surface area contributed by atoms with Gasteiger partial charge in [0.2, 0.25) is 11.7 Å². The maximum Gasteiger partial charge on any atom is 0.219 e. The molecule has 2 saturated heterocycles. The summed E-state index contributed by atoms with van der Waals surface area (Å²) in [4.78, 5) is 11.5. The maximum atomic E-state index is 11.5. The Morgan fingerprint density at radius 1 is 0.923 bits per heavy atom. The van der Waals surface area contributed by atoms with E-state index in [1.54, 1.807) is 0 Å². The zero-order chi connectivity index (χ0) is 19.8. The van der Waals surface area contributed by atoms with Gasteiger partial charge in [0.25, 0.3) is 0 Å². The number of aliphatic hydroxyl groups excluding tert-OH is 7. The second-order valence-electron chi connectivity index (χ2n) is 6.50. The first kappa shape index (κ1) is 21.4. The Hall–Kier alpha value is -0.930. The van der Waals surface area contributed by atoms with E-state index in [0.717, 1.165) is 6.92 Å². The number of ether oxygens (including phenoxy) is 2. The molecule has 2 rings (SSSR count). The summed E-state index contributed by atoms with van der Waals surface area (Å²) < 4.78 is 10.5. The molecule has 0 aliphatic carbocycles. The molecule has 0 radical (unpaired) electrons. The molecule has 2 unspecified atom stereocenters. The van der Waals surface area contributed by atoms with Crippen LogP contribution < -0.4 is 5.32 Å². The standard InChI is InChI=1S/C14H25NO11/c1-4(18)15-12-10(22)8(20)6(3-17)26-14(12,24)13-11(23)9(21)7(19)5(2-16)25-13/h5-13,16-17,19-24H,2-3H2,1H3,(H,15,18)/t5-,6-,7+,8+,9+,10+,11-,12-,13?,14?/m1/s1. The molecule has 0 aromatic heterocycles. The SMILES string of the molecule is CC(=O)N[C@@H]1[C@@H](O)[C@@H](O)[C@@H](CO)OC1(O)C1O[C@H](CO)[C@H](O)[C@H](O)[C@H]1O. The number of carbonyl (C=O) groups excluding carboxylic acids is 1. The smallest absolute Gasteiger partial charge is 0.219 e. The van der Waals surface area contributed by atoms with Gasteiger partial charge in [0.15, 0.2) is 0 Å². The van der Waals surface area contributed by atoms with Crippen LogP contribution in [0.3, 0.4) is 0 Å². The quantitative estimate of drug-likeness (QED) is 0.223. The van der Waals surface area contributed by atoms with Gasteiger partial charge in [-0.2, -0.15) is 0 Å². The molecule has 2 heterocycles. The molecule has 0 aromatic rings. The highest BCUT2D eigenvalue weighted by atomic mass is 16.7. The topological polar surface area (TPSA) is 209 Å². The summed E-state index contributed by atoms with van der Waals surface area (Å²) in [5.41, 5.74) is 0. The minimum absolute atomic E-state index is 0.727. The van der Waals surface area contributed by atoms with Crippen LogP contribution in [0.4, 0.5) is 0 Å². The molecular weight excluding hydrogens is 358 g/mol. The zero-order valence-electron chi connectivity index (χ0n) is 13.9. The van der Waals surface area contributed by atoms with Crippen molar-refractivity contribution in [2.45, 2.75) is 67.6 Å². The third kappa shape index (κ3) is 3.57. The average Bonchev–Trinajstić information content (AvgIpc) is 2.60. The average molecular weight is 383 g/mol. The minimum atomic E-state index is -2.72. The summed E-state index contributed by atoms with van der Waals surface area (Å²) in [6.45, 7) is -0.549. The monoisotopic (exact) mass is 383 g/mol. The summed E-state index contributed by atoms with van der Waals surface area (Å²) in [6.07, 6.45) is -13.8. The van der Waals surface area contributed by atoms with Crippen LogP contribution in [-0.2, 0) is 14.3 Å². The highest BCUT2D eigenvalue weighted by Gasteiger charge is 2.62. The fourth-order valence-electron chi connectivity index (χ4n) is 3.29. The molecule has 152 valence electrons. The van der Waals surface area contributed by atoms with Crippen molar-refractivity contribution in [2.24, 2.45) is 0 Å². The Balaban J connectivity index is 2.43. The molecule has 1 amide bonds. The molecule has 2 aliphatic heterocycles. The summed E-state index contributed by atoms with van der Waals surface area (Å²) in [6, 6.07) is -1.72. The van der Waals surface area contributed by atoms with Gasteiger partial charge >= 0.3 is 0 Å². The second kappa shape index (κ2) is 7.98. The number of amides is 1. The lowest BCUT2D eigenvalue weighted by atomic mass is 9.81. The summed E-state index contributed by atoms with van der Waals surface area (Å²) >= 11 is 0. The van der Waals surface area contributed by atoms with E-state index in [2.05, 4.69) is 5.32 Å². The molecule has 10 atom stereocenters. The van der Waals surface area contributed by atoms with Gasteiger partial charge in [0, 0.05) is 6.92 Å². The van der Waals surface area contributed by atoms with Gasteiger partial charge in [-0.25, -0.2) is 0 Å². The van der Waals surface area contributed by atoms with Crippen LogP contribution in [0.15, 0.2) is 0 Å². The van der Waals surface area contributed by atoms with Crippen LogP contribution in [0.1, 0.15) is 6.92 Å². The van der Waals surface area contributed by atoms with Crippen LogP contribution in [0.25, 0.3) is 0 Å². The predicted molar refractivity (Wildman–Crippen MR) is 80.3 cm³/mol. The van der Waals surface area contributed by atoms with Gasteiger partial charge in [0.05, 0.1) is 13.2 Å². The van der Waals surface area contributed by atoms with Crippen molar-refractivity contribution in [2.75, 3.05) is 13.2 Å². The molecule has 2 aliphatic rings. The Bertz CT molecular complexity index is 505. The lowest BCUT2D eigenvalue weighted by Gasteiger charge is -2.54. The second-order valence-corrected chi connectivity index (χ2v) is 6.50. The summed E-state index contributed by atoms with van der Waals surface area (Å²) in [5, 5.41) is 82.0. The number of nitrogens with one attached hydrogen (secondary N) is 1. The van der Waals surface area contributed by atoms with E-state index in [9.17, 15) is 45.6 Å². The van der Waals surface area contributed by atoms with E-state index in [4.69, 9.17) is 9.47 Å². The molecule has 12 nitrogen and oxygen atoms in total. The lowest BCUT2D eigenvalue weighted by molar-refractivity contribution is -0.385. The van der Waals surface area contributed by atoms with Crippen molar-refractivity contribution in [1.29, 1.82) is 0 Å². The highest BCUT2D eigenvalue weighted by molar-refractivity contribution is 5.73. The highest BCUT2D eigenvalue weighted by Crippen LogP contribution is 2.37. The Kier molecular flexibility index (Phi) is 6.56. The Labute approximate surface area is 148 Å². The molecule has 0 bridgehead atoms. The van der Waals surface area contributed by atoms with E-state index in [1.165, 1.54) is 0 Å². The largest absolute Gasteiger partial charge is 0.394 e. The van der Waals surface area contributed by atoms with Crippen molar-refractivity contribution in [1.82, 2.24) is 5.32 Å². The first-order chi connectivity index (χ1) is 12.1. The molecule has 26 heavy (non-hydrogen) atoms. The van der Waals surface area contributed by atoms with Gasteiger partial charge in [-0.3, -0.25) is 4.79 Å². The minimum Gasteiger partial charge on any atom is -0.394 e. The third-order valence-corrected chi connectivity index (χ3v) is 4.70. The van der Waals surface area contributed by atoms with Gasteiger partial charge in [-0.05, 0) is 0 Å². The van der Waals surface area contributed by atoms with Crippen molar-refractivity contribution in [3.8, 4) is 0 Å². The Morgan fingerprint density at radius 2 is 1.46 bits per heavy atom. The van der Waals surface area contributed by atoms with Crippen molar-refractivity contribution in [3.05, 3.63) is 0 Å². The molecule has 12 heteroatoms. The first-order valence-corrected chi connectivity index (χ1v) is 8.03. The number of aliphatic hydroxyl groups is 8. The van der Waals surface area contributed by atoms with Crippen LogP contribution >= 0.6 is 0 Å². The number of hydrogen-bond donors (Lipinski definition) is 9. The molecule has 0 saturated carbocycles. The van der Waals surface area contributed by atoms with Gasteiger partial charge in [-0.1, -0.05) is 0 Å². The zero-order valence-corrected chi connectivity index (χ0v) is 13.9. The number of hydrogen-bond acceptors (Lipinski definition) is 11. The third-order valence-electron chi connectivity index (χ3n) is 4.70. The van der Waals surface area contributed by atoms with Gasteiger partial charge in [-0.15, -0.1) is 0 Å². The molecule has 9 N–H and O–H groups in total. The van der Waals surface area contributed by atoms with Crippen LogP contribution in [0.5, 0.6) is 0 Å². The molecule has 0 aromatic carbocycles.